The molecule has 0 aliphatic carbocycles. The highest BCUT2D eigenvalue weighted by Gasteiger charge is 2.20. The van der Waals surface area contributed by atoms with Crippen molar-refractivity contribution in [3.05, 3.63) is 22.7 Å². The number of carbonyl (C=O) groups excluding carboxylic acids is 1. The Morgan fingerprint density at radius 1 is 1.10 bits per heavy atom. The van der Waals surface area contributed by atoms with Crippen LogP contribution in [0.4, 0.5) is 0 Å². The zero-order chi connectivity index (χ0) is 14.7. The summed E-state index contributed by atoms with van der Waals surface area (Å²) in [5.74, 6) is 1.42. The molecule has 0 unspecified atom stereocenters. The average molecular weight is 310 g/mol. The molecule has 0 spiro atoms. The summed E-state index contributed by atoms with van der Waals surface area (Å²) >= 11 is 6.26. The first kappa shape index (κ1) is 14.5. The van der Waals surface area contributed by atoms with Crippen molar-refractivity contribution in [2.24, 2.45) is 0 Å². The summed E-state index contributed by atoms with van der Waals surface area (Å²) in [6.45, 7) is 2.97. The molecule has 1 saturated heterocycles. The molecular weight excluding hydrogens is 290 g/mol. The fourth-order valence-electron chi connectivity index (χ4n) is 2.82. The Balaban J connectivity index is 1.74. The number of carbonyl (C=O) groups is 1. The highest BCUT2D eigenvalue weighted by Crippen LogP contribution is 2.38. The van der Waals surface area contributed by atoms with Gasteiger partial charge in [0.25, 0.3) is 0 Å². The van der Waals surface area contributed by atoms with E-state index in [-0.39, 0.29) is 5.91 Å². The molecule has 21 heavy (non-hydrogen) atoms. The standard InChI is InChI=1S/C16H20ClNO3/c17-13-9-12(10-14-16(13)21-8-4-7-20-14)11-15(19)18-5-2-1-3-6-18/h9-10H,1-8,11H2. The number of fused-ring (bicyclic) bond motifs is 1. The quantitative estimate of drug-likeness (QED) is 0.843. The molecule has 0 N–H and O–H groups in total. The van der Waals surface area contributed by atoms with Crippen LogP contribution in [0.1, 0.15) is 31.2 Å². The van der Waals surface area contributed by atoms with Crippen LogP contribution in [0.3, 0.4) is 0 Å². The predicted octanol–water partition coefficient (Wildman–Crippen LogP) is 3.06. The van der Waals surface area contributed by atoms with Crippen LogP contribution in [-0.4, -0.2) is 37.1 Å². The third-order valence-corrected chi connectivity index (χ3v) is 4.21. The number of halogens is 1. The number of likely N-dealkylation sites (tertiary alicyclic amines) is 1. The van der Waals surface area contributed by atoms with Gasteiger partial charge in [-0.05, 0) is 37.0 Å². The highest BCUT2D eigenvalue weighted by molar-refractivity contribution is 6.32. The van der Waals surface area contributed by atoms with E-state index in [1.807, 2.05) is 17.0 Å². The Kier molecular flexibility index (Phi) is 4.54. The van der Waals surface area contributed by atoms with Gasteiger partial charge in [-0.3, -0.25) is 4.79 Å². The monoisotopic (exact) mass is 309 g/mol. The van der Waals surface area contributed by atoms with Gasteiger partial charge < -0.3 is 14.4 Å². The maximum atomic E-state index is 12.3. The SMILES string of the molecule is O=C(Cc1cc(Cl)c2c(c1)OCCCO2)N1CCCCC1. The smallest absolute Gasteiger partial charge is 0.226 e. The lowest BCUT2D eigenvalue weighted by Crippen LogP contribution is -2.36. The van der Waals surface area contributed by atoms with Crippen LogP contribution in [0.15, 0.2) is 12.1 Å². The van der Waals surface area contributed by atoms with Crippen molar-refractivity contribution in [2.45, 2.75) is 32.1 Å². The first-order valence-corrected chi connectivity index (χ1v) is 7.97. The number of amides is 1. The van der Waals surface area contributed by atoms with Crippen molar-refractivity contribution in [3.8, 4) is 11.5 Å². The summed E-state index contributed by atoms with van der Waals surface area (Å²) in [6, 6.07) is 3.70. The third kappa shape index (κ3) is 3.43. The molecule has 1 fully saturated rings. The fourth-order valence-corrected chi connectivity index (χ4v) is 3.10. The zero-order valence-electron chi connectivity index (χ0n) is 12.1. The number of benzene rings is 1. The molecule has 2 heterocycles. The normalized spacial score (nSPS) is 18.2. The van der Waals surface area contributed by atoms with Crippen LogP contribution in [0, 0.1) is 0 Å². The molecule has 114 valence electrons. The molecule has 2 aliphatic rings. The van der Waals surface area contributed by atoms with Crippen molar-refractivity contribution < 1.29 is 14.3 Å². The molecule has 1 aromatic rings. The second-order valence-corrected chi connectivity index (χ2v) is 5.98. The largest absolute Gasteiger partial charge is 0.489 e. The average Bonchev–Trinajstić information content (AvgIpc) is 2.74. The van der Waals surface area contributed by atoms with Crippen LogP contribution in [0.5, 0.6) is 11.5 Å². The van der Waals surface area contributed by atoms with Gasteiger partial charge in [0.1, 0.15) is 0 Å². The minimum atomic E-state index is 0.167. The minimum Gasteiger partial charge on any atom is -0.489 e. The number of hydrogen-bond donors (Lipinski definition) is 0. The van der Waals surface area contributed by atoms with E-state index >= 15 is 0 Å². The number of hydrogen-bond acceptors (Lipinski definition) is 3. The van der Waals surface area contributed by atoms with Crippen molar-refractivity contribution in [3.63, 3.8) is 0 Å². The van der Waals surface area contributed by atoms with Crippen LogP contribution >= 0.6 is 11.6 Å². The molecule has 3 rings (SSSR count). The summed E-state index contributed by atoms with van der Waals surface area (Å²) in [5.41, 5.74) is 0.889. The zero-order valence-corrected chi connectivity index (χ0v) is 12.8. The second-order valence-electron chi connectivity index (χ2n) is 5.57. The maximum absolute atomic E-state index is 12.3. The van der Waals surface area contributed by atoms with Gasteiger partial charge >= 0.3 is 0 Å². The molecule has 0 radical (unpaired) electrons. The fraction of sp³-hybridized carbons (Fsp3) is 0.562. The van der Waals surface area contributed by atoms with E-state index < -0.39 is 0 Å². The molecule has 1 aromatic carbocycles. The summed E-state index contributed by atoms with van der Waals surface area (Å²) < 4.78 is 11.3. The third-order valence-electron chi connectivity index (χ3n) is 3.93. The molecule has 0 saturated carbocycles. The van der Waals surface area contributed by atoms with Gasteiger partial charge in [-0.1, -0.05) is 11.6 Å². The van der Waals surface area contributed by atoms with Crippen molar-refractivity contribution in [1.82, 2.24) is 4.90 Å². The van der Waals surface area contributed by atoms with Crippen molar-refractivity contribution >= 4 is 17.5 Å². The summed E-state index contributed by atoms with van der Waals surface area (Å²) in [5, 5.41) is 0.524. The van der Waals surface area contributed by atoms with Crippen LogP contribution in [0.2, 0.25) is 5.02 Å². The summed E-state index contributed by atoms with van der Waals surface area (Å²) in [6.07, 6.45) is 4.64. The lowest BCUT2D eigenvalue weighted by atomic mass is 10.1. The topological polar surface area (TPSA) is 38.8 Å². The van der Waals surface area contributed by atoms with Crippen molar-refractivity contribution in [1.29, 1.82) is 0 Å². The van der Waals surface area contributed by atoms with E-state index in [0.717, 1.165) is 37.9 Å². The van der Waals surface area contributed by atoms with Crippen molar-refractivity contribution in [2.75, 3.05) is 26.3 Å². The van der Waals surface area contributed by atoms with E-state index in [0.29, 0.717) is 36.2 Å². The lowest BCUT2D eigenvalue weighted by molar-refractivity contribution is -0.131. The number of nitrogens with zero attached hydrogens (tertiary/aromatic N) is 1. The number of rotatable bonds is 2. The Labute approximate surface area is 130 Å². The van der Waals surface area contributed by atoms with Crippen LogP contribution in [0.25, 0.3) is 0 Å². The van der Waals surface area contributed by atoms with Gasteiger partial charge in [0.05, 0.1) is 24.7 Å². The van der Waals surface area contributed by atoms with Gasteiger partial charge in [-0.15, -0.1) is 0 Å². The minimum absolute atomic E-state index is 0.167. The molecule has 0 atom stereocenters. The number of ether oxygens (including phenoxy) is 2. The predicted molar refractivity (Wildman–Crippen MR) is 81.2 cm³/mol. The van der Waals surface area contributed by atoms with E-state index in [1.54, 1.807) is 0 Å². The molecule has 0 aromatic heterocycles. The summed E-state index contributed by atoms with van der Waals surface area (Å²) in [4.78, 5) is 14.3. The van der Waals surface area contributed by atoms with Crippen LogP contribution < -0.4 is 9.47 Å². The highest BCUT2D eigenvalue weighted by atomic mass is 35.5. The molecular formula is C16H20ClNO3. The van der Waals surface area contributed by atoms with E-state index in [4.69, 9.17) is 21.1 Å². The Hall–Kier alpha value is -1.42. The van der Waals surface area contributed by atoms with Gasteiger partial charge in [0.2, 0.25) is 5.91 Å². The molecule has 5 heteroatoms. The summed E-state index contributed by atoms with van der Waals surface area (Å²) in [7, 11) is 0. The lowest BCUT2D eigenvalue weighted by Gasteiger charge is -2.26. The Bertz CT molecular complexity index is 526. The molecule has 1 amide bonds. The maximum Gasteiger partial charge on any atom is 0.226 e. The number of piperidine rings is 1. The molecule has 0 bridgehead atoms. The van der Waals surface area contributed by atoms with Gasteiger partial charge in [0, 0.05) is 19.5 Å². The Morgan fingerprint density at radius 3 is 2.67 bits per heavy atom. The van der Waals surface area contributed by atoms with E-state index in [1.165, 1.54) is 6.42 Å². The second kappa shape index (κ2) is 6.56. The van der Waals surface area contributed by atoms with E-state index in [9.17, 15) is 4.79 Å². The van der Waals surface area contributed by atoms with Crippen LogP contribution in [-0.2, 0) is 11.2 Å². The van der Waals surface area contributed by atoms with Gasteiger partial charge in [-0.2, -0.15) is 0 Å². The molecule has 4 nitrogen and oxygen atoms in total. The van der Waals surface area contributed by atoms with Gasteiger partial charge in [0.15, 0.2) is 11.5 Å². The Morgan fingerprint density at radius 2 is 1.86 bits per heavy atom. The van der Waals surface area contributed by atoms with E-state index in [2.05, 4.69) is 0 Å². The first-order chi connectivity index (χ1) is 10.2. The first-order valence-electron chi connectivity index (χ1n) is 7.60. The molecule has 2 aliphatic heterocycles. The van der Waals surface area contributed by atoms with Gasteiger partial charge in [-0.25, -0.2) is 0 Å².